The summed E-state index contributed by atoms with van der Waals surface area (Å²) in [5, 5.41) is 16.2. The van der Waals surface area contributed by atoms with Gasteiger partial charge in [0.05, 0.1) is 5.69 Å². The molecule has 56 heavy (non-hydrogen) atoms. The number of fused-ring (bicyclic) bond motifs is 6. The third-order valence-electron chi connectivity index (χ3n) is 11.0. The molecule has 4 nitrogen and oxygen atoms in total. The molecule has 0 saturated heterocycles. The number of benzene rings is 7. The second-order valence-electron chi connectivity index (χ2n) is 14.2. The zero-order valence-electron chi connectivity index (χ0n) is 30.6. The molecule has 0 fully saturated rings. The van der Waals surface area contributed by atoms with Gasteiger partial charge in [-0.2, -0.15) is 0 Å². The van der Waals surface area contributed by atoms with Crippen LogP contribution in [0.2, 0.25) is 0 Å². The highest BCUT2D eigenvalue weighted by Gasteiger charge is 2.26. The molecule has 2 aromatic heterocycles. The van der Waals surface area contributed by atoms with Crippen molar-refractivity contribution in [1.82, 2.24) is 0 Å². The Bertz CT molecular complexity index is 3030. The SMILES string of the molecule is C=Cc1c(/C=C\c2cccc3c2oc2ccccc23)oc2cc(N(C3=CC=CC(c4ccccc4O)C3)c3ccc(-c4ccccc4)cc3)c3ccccc3c12. The number of phenolic OH excluding ortho intramolecular Hbond substituents is 1. The maximum Gasteiger partial charge on any atom is 0.142 e. The zero-order valence-corrected chi connectivity index (χ0v) is 30.6. The molecule has 0 radical (unpaired) electrons. The Morgan fingerprint density at radius 1 is 0.643 bits per heavy atom. The average molecular weight is 724 g/mol. The van der Waals surface area contributed by atoms with E-state index in [0.717, 1.165) is 88.8 Å². The summed E-state index contributed by atoms with van der Waals surface area (Å²) >= 11 is 0. The van der Waals surface area contributed by atoms with Gasteiger partial charge in [0.1, 0.15) is 28.3 Å². The quantitative estimate of drug-likeness (QED) is 0.170. The van der Waals surface area contributed by atoms with Crippen LogP contribution in [-0.4, -0.2) is 5.11 Å². The topological polar surface area (TPSA) is 49.8 Å². The minimum atomic E-state index is 0.00113. The Morgan fingerprint density at radius 2 is 1.36 bits per heavy atom. The molecule has 0 saturated carbocycles. The highest BCUT2D eigenvalue weighted by Crippen LogP contribution is 2.46. The van der Waals surface area contributed by atoms with Gasteiger partial charge in [-0.25, -0.2) is 0 Å². The summed E-state index contributed by atoms with van der Waals surface area (Å²) in [6.07, 6.45) is 13.1. The number of rotatable bonds is 8. The van der Waals surface area contributed by atoms with Crippen LogP contribution in [0.1, 0.15) is 34.8 Å². The highest BCUT2D eigenvalue weighted by atomic mass is 16.3. The predicted molar refractivity (Wildman–Crippen MR) is 233 cm³/mol. The van der Waals surface area contributed by atoms with E-state index in [2.05, 4.69) is 139 Å². The average Bonchev–Trinajstić information content (AvgIpc) is 3.82. The van der Waals surface area contributed by atoms with Gasteiger partial charge < -0.3 is 18.8 Å². The number of phenols is 1. The maximum atomic E-state index is 10.9. The van der Waals surface area contributed by atoms with E-state index in [4.69, 9.17) is 8.83 Å². The summed E-state index contributed by atoms with van der Waals surface area (Å²) in [6.45, 7) is 4.25. The second kappa shape index (κ2) is 13.8. The van der Waals surface area contributed by atoms with Gasteiger partial charge >= 0.3 is 0 Å². The van der Waals surface area contributed by atoms with Crippen molar-refractivity contribution in [3.05, 3.63) is 205 Å². The summed E-state index contributed by atoms with van der Waals surface area (Å²) in [5.74, 6) is 1.03. The van der Waals surface area contributed by atoms with E-state index in [9.17, 15) is 5.11 Å². The Kier molecular flexibility index (Phi) is 8.23. The smallest absolute Gasteiger partial charge is 0.142 e. The van der Waals surface area contributed by atoms with Gasteiger partial charge in [-0.05, 0) is 65.4 Å². The van der Waals surface area contributed by atoms with Crippen molar-refractivity contribution in [3.8, 4) is 16.9 Å². The van der Waals surface area contributed by atoms with Crippen LogP contribution >= 0.6 is 0 Å². The molecule has 0 spiro atoms. The van der Waals surface area contributed by atoms with Crippen LogP contribution in [0.5, 0.6) is 5.75 Å². The number of aromatic hydroxyl groups is 1. The summed E-state index contributed by atoms with van der Waals surface area (Å²) < 4.78 is 13.1. The Hall–Kier alpha value is -7.30. The predicted octanol–water partition coefficient (Wildman–Crippen LogP) is 14.4. The van der Waals surface area contributed by atoms with E-state index in [1.165, 1.54) is 5.56 Å². The normalized spacial score (nSPS) is 14.3. The Labute approximate surface area is 324 Å². The molecular weight excluding hydrogens is 687 g/mol. The van der Waals surface area contributed by atoms with E-state index in [0.29, 0.717) is 12.2 Å². The second-order valence-corrected chi connectivity index (χ2v) is 14.2. The number of para-hydroxylation sites is 3. The third kappa shape index (κ3) is 5.71. The molecule has 9 aromatic rings. The summed E-state index contributed by atoms with van der Waals surface area (Å²) in [7, 11) is 0. The van der Waals surface area contributed by atoms with Crippen molar-refractivity contribution in [3.63, 3.8) is 0 Å². The first-order chi connectivity index (χ1) is 27.6. The van der Waals surface area contributed by atoms with Crippen LogP contribution in [0.4, 0.5) is 11.4 Å². The number of allylic oxidation sites excluding steroid dienone is 4. The van der Waals surface area contributed by atoms with Crippen LogP contribution in [0.25, 0.3) is 73.0 Å². The molecule has 1 N–H and O–H groups in total. The summed E-state index contributed by atoms with van der Waals surface area (Å²) in [4.78, 5) is 2.35. The van der Waals surface area contributed by atoms with Crippen molar-refractivity contribution in [2.75, 3.05) is 4.90 Å². The summed E-state index contributed by atoms with van der Waals surface area (Å²) in [5.41, 5.74) is 10.8. The zero-order chi connectivity index (χ0) is 37.6. The fourth-order valence-corrected chi connectivity index (χ4v) is 8.30. The van der Waals surface area contributed by atoms with Crippen molar-refractivity contribution < 1.29 is 13.9 Å². The molecule has 7 aromatic carbocycles. The summed E-state index contributed by atoms with van der Waals surface area (Å²) in [6, 6.07) is 51.9. The van der Waals surface area contributed by atoms with E-state index in [1.807, 2.05) is 54.6 Å². The molecule has 2 heterocycles. The van der Waals surface area contributed by atoms with Gasteiger partial charge in [-0.1, -0.05) is 146 Å². The van der Waals surface area contributed by atoms with Gasteiger partial charge in [0, 0.05) is 61.6 Å². The fraction of sp³-hybridized carbons (Fsp3) is 0.0385. The Morgan fingerprint density at radius 3 is 2.18 bits per heavy atom. The standard InChI is InChI=1S/C52H37NO3/c1-2-40-49(31-28-36-16-13-23-45-43-21-9-11-25-48(43)56-52(36)45)55-50-33-46(42-20-6-7-22-44(42)51(40)50)53(38-29-26-35(27-30-38)34-14-4-3-5-15-34)39-18-12-17-37(32-39)41-19-8-10-24-47(41)54/h2-31,33,37,54H,1,32H2/b31-28-. The van der Waals surface area contributed by atoms with Crippen LogP contribution in [0.3, 0.4) is 0 Å². The molecule has 10 rings (SSSR count). The monoisotopic (exact) mass is 723 g/mol. The fourth-order valence-electron chi connectivity index (χ4n) is 8.30. The first-order valence-corrected chi connectivity index (χ1v) is 18.9. The van der Waals surface area contributed by atoms with Crippen molar-refractivity contribution in [2.45, 2.75) is 12.3 Å². The molecule has 1 atom stereocenters. The molecule has 268 valence electrons. The number of nitrogens with zero attached hydrogens (tertiary/aromatic N) is 1. The molecule has 4 heteroatoms. The van der Waals surface area contributed by atoms with Gasteiger partial charge in [-0.15, -0.1) is 0 Å². The van der Waals surface area contributed by atoms with Gasteiger partial charge in [0.15, 0.2) is 0 Å². The van der Waals surface area contributed by atoms with Crippen LogP contribution in [0.15, 0.2) is 191 Å². The molecule has 0 aliphatic heterocycles. The molecule has 0 bridgehead atoms. The molecule has 0 amide bonds. The molecule has 1 unspecified atom stereocenters. The first kappa shape index (κ1) is 33.3. The van der Waals surface area contributed by atoms with E-state index < -0.39 is 0 Å². The highest BCUT2D eigenvalue weighted by molar-refractivity contribution is 6.16. The van der Waals surface area contributed by atoms with Gasteiger partial charge in [0.25, 0.3) is 0 Å². The van der Waals surface area contributed by atoms with Gasteiger partial charge in [-0.3, -0.25) is 0 Å². The van der Waals surface area contributed by atoms with Crippen LogP contribution in [-0.2, 0) is 0 Å². The van der Waals surface area contributed by atoms with Crippen LogP contribution in [0, 0.1) is 0 Å². The molecule has 1 aliphatic carbocycles. The van der Waals surface area contributed by atoms with Crippen molar-refractivity contribution >= 4 is 73.3 Å². The lowest BCUT2D eigenvalue weighted by atomic mass is 9.89. The minimum absolute atomic E-state index is 0.00113. The lowest BCUT2D eigenvalue weighted by molar-refractivity contribution is 0.465. The first-order valence-electron chi connectivity index (χ1n) is 18.9. The maximum absolute atomic E-state index is 10.9. The molecule has 1 aliphatic rings. The number of anilines is 2. The van der Waals surface area contributed by atoms with Crippen molar-refractivity contribution in [1.29, 1.82) is 0 Å². The largest absolute Gasteiger partial charge is 0.508 e. The number of hydrogen-bond donors (Lipinski definition) is 1. The van der Waals surface area contributed by atoms with E-state index in [-0.39, 0.29) is 5.92 Å². The number of hydrogen-bond acceptors (Lipinski definition) is 4. The van der Waals surface area contributed by atoms with E-state index >= 15 is 0 Å². The van der Waals surface area contributed by atoms with Gasteiger partial charge in [0.2, 0.25) is 0 Å². The lowest BCUT2D eigenvalue weighted by Gasteiger charge is -2.32. The lowest BCUT2D eigenvalue weighted by Crippen LogP contribution is -2.20. The molecular formula is C52H37NO3. The number of furan rings is 2. The van der Waals surface area contributed by atoms with Crippen molar-refractivity contribution in [2.24, 2.45) is 0 Å². The third-order valence-corrected chi connectivity index (χ3v) is 11.0. The van der Waals surface area contributed by atoms with E-state index in [1.54, 1.807) is 6.07 Å². The van der Waals surface area contributed by atoms with Crippen LogP contribution < -0.4 is 4.90 Å². The minimum Gasteiger partial charge on any atom is -0.508 e. The Balaban J connectivity index is 1.13.